The fourth-order valence-electron chi connectivity index (χ4n) is 4.75. The molecule has 1 heterocycles. The number of nitrogens with zero attached hydrogens (tertiary/aromatic N) is 1. The van der Waals surface area contributed by atoms with E-state index in [-0.39, 0.29) is 11.1 Å². The molecule has 0 bridgehead atoms. The highest BCUT2D eigenvalue weighted by Crippen LogP contribution is 2.34. The largest absolute Gasteiger partial charge is 0.248 e. The molecule has 6 rings (SSSR count). The first-order valence-corrected chi connectivity index (χ1v) is 12.6. The van der Waals surface area contributed by atoms with Crippen molar-refractivity contribution in [1.29, 1.82) is 0 Å². The molecule has 0 aliphatic heterocycles. The summed E-state index contributed by atoms with van der Waals surface area (Å²) in [7, 11) is 0. The van der Waals surface area contributed by atoms with Gasteiger partial charge < -0.3 is 0 Å². The molecule has 5 aromatic carbocycles. The third-order valence-electron chi connectivity index (χ3n) is 6.73. The Bertz CT molecular complexity index is 1730. The number of halogens is 4. The summed E-state index contributed by atoms with van der Waals surface area (Å²) in [5.74, 6) is -2.09. The van der Waals surface area contributed by atoms with Crippen LogP contribution in [0, 0.1) is 23.3 Å². The van der Waals surface area contributed by atoms with Crippen LogP contribution < -0.4 is 0 Å². The van der Waals surface area contributed by atoms with E-state index in [9.17, 15) is 17.6 Å². The lowest BCUT2D eigenvalue weighted by Gasteiger charge is -2.13. The predicted molar refractivity (Wildman–Crippen MR) is 151 cm³/mol. The normalized spacial score (nSPS) is 11.0. The second-order valence-electron chi connectivity index (χ2n) is 9.40. The lowest BCUT2D eigenvalue weighted by molar-refractivity contribution is 0.603. The summed E-state index contributed by atoms with van der Waals surface area (Å²) in [6, 6.07) is 34.7. The van der Waals surface area contributed by atoms with Crippen molar-refractivity contribution in [2.45, 2.75) is 0 Å². The average molecular weight is 532 g/mol. The Kier molecular flexibility index (Phi) is 6.71. The van der Waals surface area contributed by atoms with Gasteiger partial charge >= 0.3 is 0 Å². The molecule has 0 N–H and O–H groups in total. The summed E-state index contributed by atoms with van der Waals surface area (Å²) in [6.45, 7) is 0. The van der Waals surface area contributed by atoms with E-state index in [1.165, 1.54) is 12.1 Å². The number of benzene rings is 5. The lowest BCUT2D eigenvalue weighted by atomic mass is 9.96. The summed E-state index contributed by atoms with van der Waals surface area (Å²) in [5.41, 5.74) is 5.89. The maximum absolute atomic E-state index is 14.6. The van der Waals surface area contributed by atoms with E-state index in [4.69, 9.17) is 4.98 Å². The molecule has 6 aromatic rings. The predicted octanol–water partition coefficient (Wildman–Crippen LogP) is 9.97. The van der Waals surface area contributed by atoms with Crippen LogP contribution >= 0.6 is 0 Å². The van der Waals surface area contributed by atoms with E-state index < -0.39 is 23.3 Å². The summed E-state index contributed by atoms with van der Waals surface area (Å²) >= 11 is 0. The van der Waals surface area contributed by atoms with E-state index in [0.717, 1.165) is 35.4 Å². The minimum Gasteiger partial charge on any atom is -0.248 e. The minimum absolute atomic E-state index is 0.158. The van der Waals surface area contributed by atoms with Crippen LogP contribution in [0.4, 0.5) is 17.6 Å². The van der Waals surface area contributed by atoms with Gasteiger partial charge in [-0.25, -0.2) is 22.5 Å². The van der Waals surface area contributed by atoms with Crippen molar-refractivity contribution in [2.75, 3.05) is 0 Å². The maximum Gasteiger partial charge on any atom is 0.131 e. The number of rotatable bonds is 5. The van der Waals surface area contributed by atoms with E-state index in [0.29, 0.717) is 33.6 Å². The Morgan fingerprint density at radius 2 is 0.800 bits per heavy atom. The van der Waals surface area contributed by atoms with Crippen LogP contribution in [-0.4, -0.2) is 4.98 Å². The number of pyridine rings is 1. The zero-order valence-electron chi connectivity index (χ0n) is 21.1. The number of hydrogen-bond acceptors (Lipinski definition) is 1. The summed E-state index contributed by atoms with van der Waals surface area (Å²) in [6.07, 6.45) is 0. The van der Waals surface area contributed by atoms with E-state index in [2.05, 4.69) is 0 Å². The van der Waals surface area contributed by atoms with E-state index in [1.807, 2.05) is 54.6 Å². The monoisotopic (exact) mass is 531 g/mol. The molecule has 0 aliphatic carbocycles. The number of hydrogen-bond donors (Lipinski definition) is 0. The van der Waals surface area contributed by atoms with Crippen molar-refractivity contribution in [1.82, 2.24) is 4.98 Å². The van der Waals surface area contributed by atoms with E-state index >= 15 is 0 Å². The van der Waals surface area contributed by atoms with Crippen molar-refractivity contribution in [3.8, 4) is 55.9 Å². The van der Waals surface area contributed by atoms with Crippen molar-refractivity contribution in [3.63, 3.8) is 0 Å². The van der Waals surface area contributed by atoms with Crippen LogP contribution in [0.1, 0.15) is 0 Å². The van der Waals surface area contributed by atoms with Gasteiger partial charge in [0, 0.05) is 22.3 Å². The molecular weight excluding hydrogens is 510 g/mol. The van der Waals surface area contributed by atoms with Crippen LogP contribution in [0.3, 0.4) is 0 Å². The first-order chi connectivity index (χ1) is 19.4. The van der Waals surface area contributed by atoms with Crippen LogP contribution in [0.2, 0.25) is 0 Å². The standard InChI is InChI=1S/C35H21F4N/c36-28-12-14-32(38)30(20-28)23-8-4-10-25(16-23)34-18-27(22-6-2-1-3-7-22)19-35(40-34)26-11-5-9-24(17-26)31-21-29(37)13-15-33(31)39/h1-21H. The highest BCUT2D eigenvalue weighted by Gasteiger charge is 2.13. The average Bonchev–Trinajstić information content (AvgIpc) is 3.00. The molecule has 194 valence electrons. The quantitative estimate of drug-likeness (QED) is 0.202. The van der Waals surface area contributed by atoms with Crippen molar-refractivity contribution < 1.29 is 17.6 Å². The third kappa shape index (κ3) is 5.14. The highest BCUT2D eigenvalue weighted by molar-refractivity contribution is 5.80. The van der Waals surface area contributed by atoms with Crippen molar-refractivity contribution in [3.05, 3.63) is 151 Å². The van der Waals surface area contributed by atoms with Gasteiger partial charge in [0.05, 0.1) is 11.4 Å². The molecule has 0 fully saturated rings. The van der Waals surface area contributed by atoms with Crippen LogP contribution in [-0.2, 0) is 0 Å². The van der Waals surface area contributed by atoms with Gasteiger partial charge in [0.25, 0.3) is 0 Å². The van der Waals surface area contributed by atoms with Gasteiger partial charge in [-0.3, -0.25) is 0 Å². The van der Waals surface area contributed by atoms with E-state index in [1.54, 1.807) is 36.4 Å². The molecule has 0 spiro atoms. The van der Waals surface area contributed by atoms with Gasteiger partial charge in [-0.15, -0.1) is 0 Å². The van der Waals surface area contributed by atoms with Gasteiger partial charge in [0.2, 0.25) is 0 Å². The van der Waals surface area contributed by atoms with Crippen LogP contribution in [0.5, 0.6) is 0 Å². The fourth-order valence-corrected chi connectivity index (χ4v) is 4.75. The molecular formula is C35H21F4N. The first-order valence-electron chi connectivity index (χ1n) is 12.6. The topological polar surface area (TPSA) is 12.9 Å². The molecule has 5 heteroatoms. The molecule has 40 heavy (non-hydrogen) atoms. The Labute approximate surface area is 229 Å². The zero-order valence-corrected chi connectivity index (χ0v) is 21.1. The molecule has 1 nitrogen and oxygen atoms in total. The Morgan fingerprint density at radius 3 is 1.30 bits per heavy atom. The zero-order chi connectivity index (χ0) is 27.6. The Morgan fingerprint density at radius 1 is 0.350 bits per heavy atom. The van der Waals surface area contributed by atoms with Gasteiger partial charge in [-0.2, -0.15) is 0 Å². The molecule has 0 atom stereocenters. The second-order valence-corrected chi connectivity index (χ2v) is 9.40. The molecule has 0 amide bonds. The number of aromatic nitrogens is 1. The van der Waals surface area contributed by atoms with Gasteiger partial charge in [-0.1, -0.05) is 66.7 Å². The van der Waals surface area contributed by atoms with Crippen LogP contribution in [0.15, 0.2) is 127 Å². The summed E-state index contributed by atoms with van der Waals surface area (Å²) in [4.78, 5) is 4.91. The van der Waals surface area contributed by atoms with Crippen LogP contribution in [0.25, 0.3) is 55.9 Å². The second kappa shape index (κ2) is 10.6. The van der Waals surface area contributed by atoms with Crippen molar-refractivity contribution >= 4 is 0 Å². The minimum atomic E-state index is -0.525. The first kappa shape index (κ1) is 25.3. The highest BCUT2D eigenvalue weighted by atomic mass is 19.1. The molecule has 0 aliphatic rings. The Balaban J connectivity index is 1.51. The third-order valence-corrected chi connectivity index (χ3v) is 6.73. The SMILES string of the molecule is Fc1ccc(F)c(-c2cccc(-c3cc(-c4ccccc4)cc(-c4cccc(-c5cc(F)ccc5F)c4)n3)c2)c1. The molecule has 0 saturated carbocycles. The Hall–Kier alpha value is -5.03. The van der Waals surface area contributed by atoms with Gasteiger partial charge in [-0.05, 0) is 82.9 Å². The fraction of sp³-hybridized carbons (Fsp3) is 0. The lowest BCUT2D eigenvalue weighted by Crippen LogP contribution is -1.93. The molecule has 0 unspecified atom stereocenters. The maximum atomic E-state index is 14.6. The molecule has 1 aromatic heterocycles. The van der Waals surface area contributed by atoms with Crippen molar-refractivity contribution in [2.24, 2.45) is 0 Å². The molecule has 0 saturated heterocycles. The van der Waals surface area contributed by atoms with Gasteiger partial charge in [0.1, 0.15) is 23.3 Å². The summed E-state index contributed by atoms with van der Waals surface area (Å²) < 4.78 is 57.0. The molecule has 0 radical (unpaired) electrons. The summed E-state index contributed by atoms with van der Waals surface area (Å²) in [5, 5.41) is 0. The van der Waals surface area contributed by atoms with Gasteiger partial charge in [0.15, 0.2) is 0 Å². The smallest absolute Gasteiger partial charge is 0.131 e.